The van der Waals surface area contributed by atoms with Crippen LogP contribution in [0.2, 0.25) is 0 Å². The summed E-state index contributed by atoms with van der Waals surface area (Å²) in [5.41, 5.74) is 1.31. The van der Waals surface area contributed by atoms with Crippen molar-refractivity contribution in [1.82, 2.24) is 15.1 Å². The van der Waals surface area contributed by atoms with Gasteiger partial charge >= 0.3 is 0 Å². The van der Waals surface area contributed by atoms with Crippen LogP contribution >= 0.6 is 12.4 Å². The van der Waals surface area contributed by atoms with Gasteiger partial charge in [0.15, 0.2) is 11.5 Å². The molecule has 2 aliphatic heterocycles. The third kappa shape index (κ3) is 5.74. The van der Waals surface area contributed by atoms with Gasteiger partial charge in [-0.2, -0.15) is 0 Å². The summed E-state index contributed by atoms with van der Waals surface area (Å²) in [6.07, 6.45) is 1.28. The molecule has 148 valence electrons. The molecule has 1 aromatic rings. The number of nitrogens with zero attached hydrogens (tertiary/aromatic N) is 2. The number of rotatable bonds is 7. The highest BCUT2D eigenvalue weighted by Gasteiger charge is 2.28. The quantitative estimate of drug-likeness (QED) is 0.783. The van der Waals surface area contributed by atoms with E-state index in [0.29, 0.717) is 12.5 Å². The van der Waals surface area contributed by atoms with Crippen LogP contribution in [-0.2, 0) is 6.54 Å². The number of hydrogen-bond acceptors (Lipinski definition) is 5. The lowest BCUT2D eigenvalue weighted by Crippen LogP contribution is -2.49. The molecule has 0 aliphatic carbocycles. The van der Waals surface area contributed by atoms with E-state index in [9.17, 15) is 0 Å². The Bertz CT molecular complexity index is 550. The van der Waals surface area contributed by atoms with Gasteiger partial charge in [-0.15, -0.1) is 12.4 Å². The first-order chi connectivity index (χ1) is 12.2. The van der Waals surface area contributed by atoms with E-state index in [1.54, 1.807) is 7.11 Å². The van der Waals surface area contributed by atoms with E-state index in [1.807, 2.05) is 6.07 Å². The molecular formula is C20H34ClN3O2. The Morgan fingerprint density at radius 3 is 2.62 bits per heavy atom. The van der Waals surface area contributed by atoms with E-state index in [2.05, 4.69) is 41.1 Å². The Balaban J connectivity index is 0.00000243. The molecule has 3 rings (SSSR count). The summed E-state index contributed by atoms with van der Waals surface area (Å²) in [5.74, 6) is 2.20. The van der Waals surface area contributed by atoms with Gasteiger partial charge in [-0.1, -0.05) is 19.9 Å². The minimum absolute atomic E-state index is 0. The zero-order chi connectivity index (χ0) is 17.6. The van der Waals surface area contributed by atoms with E-state index >= 15 is 0 Å². The van der Waals surface area contributed by atoms with Crippen molar-refractivity contribution in [1.29, 1.82) is 0 Å². The molecule has 0 saturated carbocycles. The molecule has 0 aromatic heterocycles. The number of nitrogens with one attached hydrogen (secondary N) is 1. The van der Waals surface area contributed by atoms with Gasteiger partial charge in [0.2, 0.25) is 0 Å². The minimum atomic E-state index is 0. The Morgan fingerprint density at radius 1 is 1.15 bits per heavy atom. The van der Waals surface area contributed by atoms with E-state index in [0.717, 1.165) is 37.2 Å². The number of halogens is 1. The van der Waals surface area contributed by atoms with Crippen molar-refractivity contribution in [2.24, 2.45) is 5.92 Å². The number of piperazine rings is 1. The van der Waals surface area contributed by atoms with Crippen LogP contribution in [0, 0.1) is 5.92 Å². The maximum atomic E-state index is 5.95. The van der Waals surface area contributed by atoms with Gasteiger partial charge < -0.3 is 14.8 Å². The Kier molecular flexibility index (Phi) is 8.48. The van der Waals surface area contributed by atoms with E-state index in [4.69, 9.17) is 9.47 Å². The highest BCUT2D eigenvalue weighted by atomic mass is 35.5. The van der Waals surface area contributed by atoms with Crippen LogP contribution in [0.4, 0.5) is 0 Å². The van der Waals surface area contributed by atoms with Gasteiger partial charge in [0.1, 0.15) is 0 Å². The summed E-state index contributed by atoms with van der Waals surface area (Å²) in [4.78, 5) is 5.22. The van der Waals surface area contributed by atoms with Crippen molar-refractivity contribution in [2.45, 2.75) is 32.9 Å². The molecule has 6 heteroatoms. The molecule has 2 heterocycles. The highest BCUT2D eigenvalue weighted by Crippen LogP contribution is 2.29. The normalized spacial score (nSPS) is 21.6. The molecule has 26 heavy (non-hydrogen) atoms. The number of hydrogen-bond donors (Lipinski definition) is 1. The van der Waals surface area contributed by atoms with E-state index in [1.165, 1.54) is 38.2 Å². The predicted octanol–water partition coefficient (Wildman–Crippen LogP) is 2.63. The molecular weight excluding hydrogens is 350 g/mol. The monoisotopic (exact) mass is 383 g/mol. The summed E-state index contributed by atoms with van der Waals surface area (Å²) < 4.78 is 11.4. The zero-order valence-corrected chi connectivity index (χ0v) is 17.2. The average Bonchev–Trinajstić information content (AvgIpc) is 3.09. The van der Waals surface area contributed by atoms with Gasteiger partial charge in [0.05, 0.1) is 13.7 Å². The summed E-state index contributed by atoms with van der Waals surface area (Å²) in [7, 11) is 1.70. The van der Waals surface area contributed by atoms with Crippen molar-refractivity contribution >= 4 is 12.4 Å². The molecule has 2 aliphatic rings. The smallest absolute Gasteiger partial charge is 0.161 e. The van der Waals surface area contributed by atoms with Gasteiger partial charge in [-0.05, 0) is 30.0 Å². The van der Waals surface area contributed by atoms with Crippen LogP contribution in [0.25, 0.3) is 0 Å². The third-order valence-corrected chi connectivity index (χ3v) is 5.12. The van der Waals surface area contributed by atoms with Crippen LogP contribution in [-0.4, -0.2) is 68.8 Å². The van der Waals surface area contributed by atoms with Crippen molar-refractivity contribution in [2.75, 3.05) is 53.0 Å². The number of ether oxygens (including phenoxy) is 2. The minimum Gasteiger partial charge on any atom is -0.493 e. The first kappa shape index (κ1) is 21.3. The first-order valence-electron chi connectivity index (χ1n) is 9.62. The maximum Gasteiger partial charge on any atom is 0.161 e. The van der Waals surface area contributed by atoms with Gasteiger partial charge in [0.25, 0.3) is 0 Å². The molecule has 0 spiro atoms. The fraction of sp³-hybridized carbons (Fsp3) is 0.700. The lowest BCUT2D eigenvalue weighted by atomic mass is 10.2. The molecule has 1 aromatic carbocycles. The number of likely N-dealkylation sites (tertiary alicyclic amines) is 1. The Morgan fingerprint density at radius 2 is 1.92 bits per heavy atom. The van der Waals surface area contributed by atoms with E-state index < -0.39 is 0 Å². The average molecular weight is 384 g/mol. The molecule has 1 N–H and O–H groups in total. The molecule has 1 unspecified atom stereocenters. The second kappa shape index (κ2) is 10.4. The van der Waals surface area contributed by atoms with Gasteiger partial charge in [-0.25, -0.2) is 0 Å². The fourth-order valence-electron chi connectivity index (χ4n) is 3.75. The molecule has 0 radical (unpaired) electrons. The summed E-state index contributed by atoms with van der Waals surface area (Å²) in [6, 6.07) is 7.07. The number of benzene rings is 1. The molecule has 0 bridgehead atoms. The van der Waals surface area contributed by atoms with Crippen molar-refractivity contribution in [3.63, 3.8) is 0 Å². The van der Waals surface area contributed by atoms with Crippen molar-refractivity contribution in [3.05, 3.63) is 23.8 Å². The van der Waals surface area contributed by atoms with Crippen LogP contribution in [0.5, 0.6) is 11.5 Å². The lowest BCUT2D eigenvalue weighted by molar-refractivity contribution is 0.170. The molecule has 2 fully saturated rings. The fourth-order valence-corrected chi connectivity index (χ4v) is 3.75. The van der Waals surface area contributed by atoms with Crippen molar-refractivity contribution < 1.29 is 9.47 Å². The SMILES string of the molecule is COc1ccc(CN2CCC(N3CCNCC3)C2)cc1OCC(C)C.Cl. The van der Waals surface area contributed by atoms with Crippen LogP contribution in [0.15, 0.2) is 18.2 Å². The van der Waals surface area contributed by atoms with Crippen molar-refractivity contribution in [3.8, 4) is 11.5 Å². The largest absolute Gasteiger partial charge is 0.493 e. The summed E-state index contributed by atoms with van der Waals surface area (Å²) in [5, 5.41) is 3.45. The molecule has 5 nitrogen and oxygen atoms in total. The molecule has 0 amide bonds. The van der Waals surface area contributed by atoms with Gasteiger partial charge in [-0.3, -0.25) is 9.80 Å². The summed E-state index contributed by atoms with van der Waals surface area (Å²) >= 11 is 0. The Labute approximate surface area is 164 Å². The summed E-state index contributed by atoms with van der Waals surface area (Å²) in [6.45, 7) is 13.0. The van der Waals surface area contributed by atoms with E-state index in [-0.39, 0.29) is 12.4 Å². The van der Waals surface area contributed by atoms with Crippen LogP contribution in [0.3, 0.4) is 0 Å². The Hall–Kier alpha value is -1.01. The zero-order valence-electron chi connectivity index (χ0n) is 16.4. The standard InChI is InChI=1S/C20H33N3O2.ClH/c1-16(2)15-25-20-12-17(4-5-19(20)24-3)13-22-9-6-18(14-22)23-10-7-21-8-11-23;/h4-5,12,16,18,21H,6-11,13-15H2,1-3H3;1H. The molecule has 2 saturated heterocycles. The number of methoxy groups -OCH3 is 1. The molecule has 1 atom stereocenters. The van der Waals surface area contributed by atoms with Crippen LogP contribution < -0.4 is 14.8 Å². The first-order valence-corrected chi connectivity index (χ1v) is 9.62. The van der Waals surface area contributed by atoms with Gasteiger partial charge in [0, 0.05) is 51.9 Å². The highest BCUT2D eigenvalue weighted by molar-refractivity contribution is 5.85. The second-order valence-electron chi connectivity index (χ2n) is 7.65. The second-order valence-corrected chi connectivity index (χ2v) is 7.65. The predicted molar refractivity (Wildman–Crippen MR) is 109 cm³/mol. The van der Waals surface area contributed by atoms with Crippen LogP contribution in [0.1, 0.15) is 25.8 Å². The maximum absolute atomic E-state index is 5.95. The topological polar surface area (TPSA) is 37.0 Å². The lowest BCUT2D eigenvalue weighted by Gasteiger charge is -2.32. The third-order valence-electron chi connectivity index (χ3n) is 5.12.